The van der Waals surface area contributed by atoms with Crippen LogP contribution in [0, 0.1) is 5.92 Å². The monoisotopic (exact) mass is 748 g/mol. The molecule has 0 saturated carbocycles. The summed E-state index contributed by atoms with van der Waals surface area (Å²) in [6.45, 7) is 7.55. The smallest absolute Gasteiger partial charge is 0.392 e. The Labute approximate surface area is 315 Å². The van der Waals surface area contributed by atoms with Crippen LogP contribution in [0.4, 0.5) is 13.2 Å². The van der Waals surface area contributed by atoms with Crippen LogP contribution in [0.5, 0.6) is 0 Å². The zero-order valence-corrected chi connectivity index (χ0v) is 30.8. The summed E-state index contributed by atoms with van der Waals surface area (Å²) in [5.41, 5.74) is 5.37. The lowest BCUT2D eigenvalue weighted by atomic mass is 9.89. The molecule has 4 aliphatic rings. The Balaban J connectivity index is 1.07. The Morgan fingerprint density at radius 1 is 0.815 bits per heavy atom. The van der Waals surface area contributed by atoms with E-state index in [1.54, 1.807) is 0 Å². The van der Waals surface area contributed by atoms with E-state index in [9.17, 15) is 27.9 Å². The summed E-state index contributed by atoms with van der Waals surface area (Å²) in [5.74, 6) is -2.49. The molecule has 54 heavy (non-hydrogen) atoms. The number of nitrogens with zero attached hydrogens (tertiary/aromatic N) is 3. The molecule has 9 nitrogen and oxygen atoms in total. The van der Waals surface area contributed by atoms with Crippen LogP contribution in [-0.2, 0) is 32.2 Å². The fraction of sp³-hybridized carbons (Fsp3) is 0.524. The van der Waals surface area contributed by atoms with Gasteiger partial charge in [0.25, 0.3) is 0 Å². The van der Waals surface area contributed by atoms with Crippen LogP contribution in [0.3, 0.4) is 0 Å². The van der Waals surface area contributed by atoms with E-state index in [2.05, 4.69) is 28.1 Å². The molecule has 290 valence electrons. The number of carbonyl (C=O) groups excluding carboxylic acids is 2. The van der Waals surface area contributed by atoms with Gasteiger partial charge in [0.2, 0.25) is 5.91 Å². The van der Waals surface area contributed by atoms with E-state index in [4.69, 9.17) is 9.47 Å². The molecule has 4 aliphatic heterocycles. The highest BCUT2D eigenvalue weighted by atomic mass is 19.4. The number of hydrogen-bond donors (Lipinski definition) is 2. The van der Waals surface area contributed by atoms with Crippen molar-refractivity contribution >= 4 is 11.8 Å². The van der Waals surface area contributed by atoms with Crippen molar-refractivity contribution in [1.29, 1.82) is 0 Å². The van der Waals surface area contributed by atoms with E-state index in [0.717, 1.165) is 53.0 Å². The van der Waals surface area contributed by atoms with Gasteiger partial charge in [-0.1, -0.05) is 67.6 Å². The predicted molar refractivity (Wildman–Crippen MR) is 198 cm³/mol. The standard InChI is InChI=1S/C42H51F3N4O5/c1-28-37(26-48-20-6-12-35(48)25-47-18-2-3-19-47)53-40(54-38(28)31-16-14-29(27-50)15-17-31)34-11-5-10-33(23-34)32-9-4-8-30(22-32)24-46-39(51)36-13-7-21-49(36)41(52)42(43,44)45/h4-5,8-11,14-17,22-23,28,35-38,40,50H,2-3,6-7,12-13,18-21,24-27H2,1H3,(H,46,51)/t28-,35-,36-,37+,38+,40+/m0/s1. The Hall–Kier alpha value is -3.81. The summed E-state index contributed by atoms with van der Waals surface area (Å²) < 4.78 is 53.0. The first-order valence-electron chi connectivity index (χ1n) is 19.4. The summed E-state index contributed by atoms with van der Waals surface area (Å²) >= 11 is 0. The molecule has 2 amide bonds. The number of ether oxygens (including phenoxy) is 2. The van der Waals surface area contributed by atoms with Crippen molar-refractivity contribution in [2.45, 2.75) is 95.4 Å². The van der Waals surface area contributed by atoms with E-state index in [0.29, 0.717) is 17.4 Å². The molecule has 0 unspecified atom stereocenters. The maximum Gasteiger partial charge on any atom is 0.471 e. The first kappa shape index (κ1) is 38.5. The van der Waals surface area contributed by atoms with Gasteiger partial charge >= 0.3 is 12.1 Å². The molecule has 0 spiro atoms. The summed E-state index contributed by atoms with van der Waals surface area (Å²) in [6.07, 6.45) is -0.463. The number of hydrogen-bond acceptors (Lipinski definition) is 7. The molecule has 0 radical (unpaired) electrons. The van der Waals surface area contributed by atoms with Crippen molar-refractivity contribution in [3.63, 3.8) is 0 Å². The SMILES string of the molecule is C[C@H]1[C@@H](CN2CCC[C@H]2CN2CCCC2)O[C@@H](c2cccc(-c3cccc(CNC(=O)[C@@H]4CCCN4C(=O)C(F)(F)F)c3)c2)O[C@H]1c1ccc(CO)cc1. The van der Waals surface area contributed by atoms with Crippen molar-refractivity contribution < 1.29 is 37.3 Å². The van der Waals surface area contributed by atoms with Crippen molar-refractivity contribution in [2.24, 2.45) is 5.92 Å². The maximum atomic E-state index is 13.1. The van der Waals surface area contributed by atoms with Crippen molar-refractivity contribution in [3.05, 3.63) is 95.1 Å². The molecule has 7 rings (SSSR count). The van der Waals surface area contributed by atoms with E-state index < -0.39 is 30.3 Å². The molecule has 4 saturated heterocycles. The van der Waals surface area contributed by atoms with Gasteiger partial charge < -0.3 is 29.7 Å². The van der Waals surface area contributed by atoms with Crippen LogP contribution in [0.2, 0.25) is 0 Å². The van der Waals surface area contributed by atoms with E-state index in [1.807, 2.05) is 66.7 Å². The highest BCUT2D eigenvalue weighted by Gasteiger charge is 2.47. The molecule has 0 bridgehead atoms. The average Bonchev–Trinajstić information content (AvgIpc) is 3.98. The van der Waals surface area contributed by atoms with Gasteiger partial charge in [-0.05, 0) is 98.1 Å². The van der Waals surface area contributed by atoms with Gasteiger partial charge in [0.15, 0.2) is 6.29 Å². The molecule has 4 heterocycles. The third kappa shape index (κ3) is 8.84. The molecule has 6 atom stereocenters. The highest BCUT2D eigenvalue weighted by Crippen LogP contribution is 2.43. The Kier molecular flexibility index (Phi) is 12.0. The van der Waals surface area contributed by atoms with Crippen molar-refractivity contribution in [1.82, 2.24) is 20.0 Å². The lowest BCUT2D eigenvalue weighted by Gasteiger charge is -2.43. The number of rotatable bonds is 11. The maximum absolute atomic E-state index is 13.1. The van der Waals surface area contributed by atoms with Crippen molar-refractivity contribution in [3.8, 4) is 11.1 Å². The van der Waals surface area contributed by atoms with Crippen LogP contribution >= 0.6 is 0 Å². The van der Waals surface area contributed by atoms with Gasteiger partial charge in [-0.15, -0.1) is 0 Å². The second kappa shape index (κ2) is 16.9. The van der Waals surface area contributed by atoms with Crippen LogP contribution in [0.1, 0.15) is 80.1 Å². The molecule has 12 heteroatoms. The van der Waals surface area contributed by atoms with Gasteiger partial charge in [-0.3, -0.25) is 14.5 Å². The number of alkyl halides is 3. The van der Waals surface area contributed by atoms with Crippen molar-refractivity contribution in [2.75, 3.05) is 39.3 Å². The number of aliphatic hydroxyl groups is 1. The van der Waals surface area contributed by atoms with Gasteiger partial charge in [-0.25, -0.2) is 0 Å². The minimum atomic E-state index is -5.02. The number of carbonyl (C=O) groups is 2. The molecule has 0 aromatic heterocycles. The van der Waals surface area contributed by atoms with Crippen LogP contribution < -0.4 is 5.32 Å². The Morgan fingerprint density at radius 3 is 2.28 bits per heavy atom. The zero-order chi connectivity index (χ0) is 37.8. The van der Waals surface area contributed by atoms with E-state index >= 15 is 0 Å². The number of benzene rings is 3. The quantitative estimate of drug-likeness (QED) is 0.236. The number of likely N-dealkylation sites (tertiary alicyclic amines) is 3. The Morgan fingerprint density at radius 2 is 1.54 bits per heavy atom. The van der Waals surface area contributed by atoms with Gasteiger partial charge in [-0.2, -0.15) is 13.2 Å². The fourth-order valence-electron chi connectivity index (χ4n) is 8.64. The minimum Gasteiger partial charge on any atom is -0.392 e. The summed E-state index contributed by atoms with van der Waals surface area (Å²) in [5, 5.41) is 12.4. The predicted octanol–water partition coefficient (Wildman–Crippen LogP) is 6.37. The number of nitrogens with one attached hydrogen (secondary N) is 1. The largest absolute Gasteiger partial charge is 0.471 e. The summed E-state index contributed by atoms with van der Waals surface area (Å²) in [4.78, 5) is 30.7. The number of amides is 2. The average molecular weight is 749 g/mol. The van der Waals surface area contributed by atoms with Crippen LogP contribution in [-0.4, -0.2) is 95.3 Å². The summed E-state index contributed by atoms with van der Waals surface area (Å²) in [7, 11) is 0. The molecule has 2 N–H and O–H groups in total. The topological polar surface area (TPSA) is 94.6 Å². The van der Waals surface area contributed by atoms with Crippen LogP contribution in [0.25, 0.3) is 11.1 Å². The van der Waals surface area contributed by atoms with E-state index in [1.165, 1.54) is 38.8 Å². The third-order valence-electron chi connectivity index (χ3n) is 11.6. The molecule has 0 aliphatic carbocycles. The van der Waals surface area contributed by atoms with Crippen LogP contribution in [0.15, 0.2) is 72.8 Å². The van der Waals surface area contributed by atoms with Gasteiger partial charge in [0.1, 0.15) is 6.04 Å². The molecule has 3 aromatic rings. The number of aliphatic hydroxyl groups excluding tert-OH is 1. The Bertz CT molecular complexity index is 1750. The minimum absolute atomic E-state index is 0.0223. The van der Waals surface area contributed by atoms with E-state index in [-0.39, 0.29) is 44.2 Å². The normalized spacial score (nSPS) is 26.7. The third-order valence-corrected chi connectivity index (χ3v) is 11.6. The fourth-order valence-corrected chi connectivity index (χ4v) is 8.64. The van der Waals surface area contributed by atoms with Gasteiger partial charge in [0.05, 0.1) is 18.8 Å². The lowest BCUT2D eigenvalue weighted by molar-refractivity contribution is -0.276. The first-order chi connectivity index (χ1) is 26.1. The number of halogens is 3. The molecule has 4 fully saturated rings. The first-order valence-corrected chi connectivity index (χ1v) is 19.4. The molecular weight excluding hydrogens is 697 g/mol. The second-order valence-corrected chi connectivity index (χ2v) is 15.3. The molecule has 3 aromatic carbocycles. The lowest BCUT2D eigenvalue weighted by Crippen LogP contribution is -2.50. The second-order valence-electron chi connectivity index (χ2n) is 15.3. The summed E-state index contributed by atoms with van der Waals surface area (Å²) in [6, 6.07) is 23.0. The highest BCUT2D eigenvalue weighted by molar-refractivity contribution is 5.90. The van der Waals surface area contributed by atoms with Gasteiger partial charge in [0, 0.05) is 43.7 Å². The molecular formula is C42H51F3N4O5. The zero-order valence-electron chi connectivity index (χ0n) is 30.8.